The molecule has 1 heterocycles. The van der Waals surface area contributed by atoms with Crippen molar-refractivity contribution < 1.29 is 51.3 Å². The molecule has 0 aliphatic heterocycles. The molecule has 0 amide bonds. The second-order valence-corrected chi connectivity index (χ2v) is 17.4. The van der Waals surface area contributed by atoms with Crippen molar-refractivity contribution in [3.05, 3.63) is 47.0 Å². The first-order valence-corrected chi connectivity index (χ1v) is 22.8. The minimum absolute atomic E-state index is 0.0551. The first kappa shape index (κ1) is 51.5. The maximum atomic E-state index is 12.7. The smallest absolute Gasteiger partial charge is 0.306 e. The van der Waals surface area contributed by atoms with Gasteiger partial charge < -0.3 is 32.3 Å². The van der Waals surface area contributed by atoms with E-state index in [1.165, 1.54) is 11.1 Å². The van der Waals surface area contributed by atoms with E-state index in [-0.39, 0.29) is 31.8 Å². The van der Waals surface area contributed by atoms with Gasteiger partial charge in [0.1, 0.15) is 31.3 Å². The number of unbranched alkanes of at least 4 members (excludes halogenated alkanes) is 12. The number of allylic oxidation sites excluding steroid dienone is 4. The molecule has 12 heteroatoms. The topological polar surface area (TPSA) is 141 Å². The standard InChI is InChI=1S/C44H76NO10P/c1-8-10-22-28-39(46)29-23-18-14-12-11-13-15-21-26-32-44(48)54-40(36-53-56(49,50)52-34-33-45(5,6)7)35-51-43(47)31-25-20-17-16-19-24-30-42-38(4)37(3)41(55-42)27-9-2/h14,18,23,29,40H,8-13,15-17,19-22,24-28,30-36H2,1-7H3/b18-14-,29-23+/t40-/m1/s1. The van der Waals surface area contributed by atoms with Gasteiger partial charge in [0.2, 0.25) is 0 Å². The summed E-state index contributed by atoms with van der Waals surface area (Å²) >= 11 is 0. The molecule has 1 aromatic rings. The Morgan fingerprint density at radius 3 is 1.95 bits per heavy atom. The van der Waals surface area contributed by atoms with Crippen molar-refractivity contribution in [3.8, 4) is 0 Å². The second-order valence-electron chi connectivity index (χ2n) is 16.0. The zero-order valence-electron chi connectivity index (χ0n) is 36.0. The highest BCUT2D eigenvalue weighted by Crippen LogP contribution is 2.38. The van der Waals surface area contributed by atoms with Gasteiger partial charge in [-0.1, -0.05) is 89.9 Å². The molecule has 0 aromatic carbocycles. The number of hydrogen-bond acceptors (Lipinski definition) is 10. The molecule has 0 spiro atoms. The summed E-state index contributed by atoms with van der Waals surface area (Å²) in [5, 5.41) is 0. The number of ketones is 1. The van der Waals surface area contributed by atoms with Crippen molar-refractivity contribution in [1.29, 1.82) is 0 Å². The Hall–Kier alpha value is -2.56. The highest BCUT2D eigenvalue weighted by atomic mass is 31.2. The lowest BCUT2D eigenvalue weighted by molar-refractivity contribution is -0.870. The number of quaternary nitrogens is 1. The highest BCUT2D eigenvalue weighted by molar-refractivity contribution is 7.45. The Labute approximate surface area is 339 Å². The van der Waals surface area contributed by atoms with Crippen molar-refractivity contribution in [2.45, 2.75) is 169 Å². The van der Waals surface area contributed by atoms with E-state index in [2.05, 4.69) is 33.8 Å². The van der Waals surface area contributed by atoms with Gasteiger partial charge in [-0.3, -0.25) is 18.9 Å². The fourth-order valence-corrected chi connectivity index (χ4v) is 6.70. The van der Waals surface area contributed by atoms with Gasteiger partial charge in [-0.2, -0.15) is 0 Å². The molecule has 0 bridgehead atoms. The minimum Gasteiger partial charge on any atom is -0.756 e. The molecule has 0 aliphatic carbocycles. The Balaban J connectivity index is 2.40. The van der Waals surface area contributed by atoms with Crippen LogP contribution in [-0.4, -0.2) is 75.8 Å². The molecule has 56 heavy (non-hydrogen) atoms. The van der Waals surface area contributed by atoms with E-state index >= 15 is 0 Å². The number of aryl methyl sites for hydroxylation is 2. The van der Waals surface area contributed by atoms with Crippen molar-refractivity contribution >= 4 is 25.5 Å². The molecule has 11 nitrogen and oxygen atoms in total. The summed E-state index contributed by atoms with van der Waals surface area (Å²) in [6, 6.07) is 0. The third kappa shape index (κ3) is 27.1. The molecule has 322 valence electrons. The lowest BCUT2D eigenvalue weighted by Crippen LogP contribution is -2.37. The lowest BCUT2D eigenvalue weighted by Gasteiger charge is -2.28. The number of phosphoric ester groups is 1. The van der Waals surface area contributed by atoms with Gasteiger partial charge in [0.15, 0.2) is 11.9 Å². The van der Waals surface area contributed by atoms with Gasteiger partial charge in [0.25, 0.3) is 7.82 Å². The largest absolute Gasteiger partial charge is 0.756 e. The van der Waals surface area contributed by atoms with Gasteiger partial charge in [-0.25, -0.2) is 0 Å². The van der Waals surface area contributed by atoms with Crippen LogP contribution >= 0.6 is 7.82 Å². The number of carbonyl (C=O) groups excluding carboxylic acids is 3. The lowest BCUT2D eigenvalue weighted by atomic mass is 10.0. The number of hydrogen-bond donors (Lipinski definition) is 0. The van der Waals surface area contributed by atoms with Crippen LogP contribution in [0.2, 0.25) is 0 Å². The fourth-order valence-electron chi connectivity index (χ4n) is 5.98. The highest BCUT2D eigenvalue weighted by Gasteiger charge is 2.22. The van der Waals surface area contributed by atoms with Crippen molar-refractivity contribution in [2.75, 3.05) is 47.5 Å². The molecule has 2 atom stereocenters. The summed E-state index contributed by atoms with van der Waals surface area (Å²) in [7, 11) is 1.08. The predicted octanol–water partition coefficient (Wildman–Crippen LogP) is 9.78. The first-order valence-electron chi connectivity index (χ1n) is 21.4. The van der Waals surface area contributed by atoms with E-state index in [1.54, 1.807) is 6.08 Å². The fraction of sp³-hybridized carbons (Fsp3) is 0.750. The summed E-state index contributed by atoms with van der Waals surface area (Å²) in [6.45, 7) is 8.16. The molecule has 1 unspecified atom stereocenters. The summed E-state index contributed by atoms with van der Waals surface area (Å²) in [4.78, 5) is 49.4. The van der Waals surface area contributed by atoms with Crippen molar-refractivity contribution in [2.24, 2.45) is 0 Å². The number of carbonyl (C=O) groups is 3. The van der Waals surface area contributed by atoms with Crippen LogP contribution < -0.4 is 4.89 Å². The number of phosphoric acid groups is 1. The first-order chi connectivity index (χ1) is 26.7. The van der Waals surface area contributed by atoms with Gasteiger partial charge in [-0.05, 0) is 76.0 Å². The number of furan rings is 1. The predicted molar refractivity (Wildman–Crippen MR) is 221 cm³/mol. The Morgan fingerprint density at radius 1 is 0.714 bits per heavy atom. The van der Waals surface area contributed by atoms with Crippen molar-refractivity contribution in [1.82, 2.24) is 0 Å². The SMILES string of the molecule is CCCCCC(=O)/C=C/C=C\CCCCCCCC(=O)O[C@H](COC(=O)CCCCCCCCc1oc(CCC)c(C)c1C)COP(=O)([O-])OCC[N+](C)(C)C. The van der Waals surface area contributed by atoms with E-state index in [1.807, 2.05) is 33.3 Å². The summed E-state index contributed by atoms with van der Waals surface area (Å²) in [6.07, 6.45) is 24.7. The van der Waals surface area contributed by atoms with E-state index in [0.717, 1.165) is 114 Å². The number of esters is 2. The molecular formula is C44H76NO10P. The maximum Gasteiger partial charge on any atom is 0.306 e. The van der Waals surface area contributed by atoms with E-state index < -0.39 is 32.5 Å². The molecular weight excluding hydrogens is 733 g/mol. The summed E-state index contributed by atoms with van der Waals surface area (Å²) < 4.78 is 39.9. The number of likely N-dealkylation sites (N-methyl/N-ethyl adjacent to an activating group) is 1. The van der Waals surface area contributed by atoms with E-state index in [0.29, 0.717) is 30.3 Å². The van der Waals surface area contributed by atoms with E-state index in [4.69, 9.17) is 22.9 Å². The van der Waals surface area contributed by atoms with Crippen LogP contribution in [0.4, 0.5) is 0 Å². The molecule has 0 aliphatic rings. The number of rotatable bonds is 35. The van der Waals surface area contributed by atoms with Crippen LogP contribution in [0.1, 0.15) is 158 Å². The summed E-state index contributed by atoms with van der Waals surface area (Å²) in [5.74, 6) is 1.47. The van der Waals surface area contributed by atoms with Crippen LogP contribution in [0, 0.1) is 13.8 Å². The normalized spacial score (nSPS) is 13.7. The summed E-state index contributed by atoms with van der Waals surface area (Å²) in [5.41, 5.74) is 2.56. The quantitative estimate of drug-likeness (QED) is 0.0162. The monoisotopic (exact) mass is 810 g/mol. The molecule has 1 aromatic heterocycles. The zero-order valence-corrected chi connectivity index (χ0v) is 36.9. The van der Waals surface area contributed by atoms with Crippen LogP contribution in [0.25, 0.3) is 0 Å². The van der Waals surface area contributed by atoms with Gasteiger partial charge in [-0.15, -0.1) is 0 Å². The van der Waals surface area contributed by atoms with Crippen LogP contribution in [0.15, 0.2) is 28.7 Å². The maximum absolute atomic E-state index is 12.7. The minimum atomic E-state index is -4.66. The average Bonchev–Trinajstić information content (AvgIpc) is 3.40. The van der Waals surface area contributed by atoms with Crippen molar-refractivity contribution in [3.63, 3.8) is 0 Å². The third-order valence-corrected chi connectivity index (χ3v) is 10.6. The molecule has 1 rings (SSSR count). The van der Waals surface area contributed by atoms with Crippen LogP contribution in [0.5, 0.6) is 0 Å². The van der Waals surface area contributed by atoms with Gasteiger partial charge in [0, 0.05) is 32.1 Å². The molecule has 0 saturated heterocycles. The third-order valence-electron chi connectivity index (χ3n) is 9.62. The molecule has 0 fully saturated rings. The molecule has 0 N–H and O–H groups in total. The van der Waals surface area contributed by atoms with Crippen LogP contribution in [0.3, 0.4) is 0 Å². The Bertz CT molecular complexity index is 1350. The van der Waals surface area contributed by atoms with Crippen LogP contribution in [-0.2, 0) is 50.3 Å². The Kier molecular flexibility index (Phi) is 28.0. The van der Waals surface area contributed by atoms with Gasteiger partial charge >= 0.3 is 11.9 Å². The second kappa shape index (κ2) is 30.5. The van der Waals surface area contributed by atoms with E-state index in [9.17, 15) is 23.8 Å². The molecule has 0 saturated carbocycles. The zero-order chi connectivity index (χ0) is 41.7. The Morgan fingerprint density at radius 2 is 1.30 bits per heavy atom. The number of ether oxygens (including phenoxy) is 2. The number of nitrogens with zero attached hydrogens (tertiary/aromatic N) is 1. The van der Waals surface area contributed by atoms with Gasteiger partial charge in [0.05, 0.1) is 27.7 Å². The molecule has 0 radical (unpaired) electrons. The average molecular weight is 810 g/mol.